The standard InChI is InChI=1S/C22H20FN5O3S.CH4/c23-14-2-4-19(27-7-5-24-6-8-27)17(9-14)25-20(30)18-12-32-22(26-18)28-11-13-1-3-15(29)10-16(13)21(28)31;/h1-4,9-10,12,24,29H,5-8,11H2,(H,25,30);1H4. The quantitative estimate of drug-likeness (QED) is 0.542. The molecule has 1 aromatic heterocycles. The highest BCUT2D eigenvalue weighted by molar-refractivity contribution is 7.14. The van der Waals surface area contributed by atoms with Gasteiger partial charge in [-0.1, -0.05) is 13.5 Å². The lowest BCUT2D eigenvalue weighted by atomic mass is 10.1. The molecule has 5 rings (SSSR count). The average Bonchev–Trinajstić information content (AvgIpc) is 3.40. The van der Waals surface area contributed by atoms with Crippen molar-refractivity contribution in [2.24, 2.45) is 0 Å². The van der Waals surface area contributed by atoms with E-state index in [1.807, 2.05) is 0 Å². The Kier molecular flexibility index (Phi) is 6.30. The molecular formula is C23H24FN5O3S. The summed E-state index contributed by atoms with van der Waals surface area (Å²) in [6.45, 7) is 3.44. The van der Waals surface area contributed by atoms with Gasteiger partial charge >= 0.3 is 0 Å². The highest BCUT2D eigenvalue weighted by atomic mass is 32.1. The fraction of sp³-hybridized carbons (Fsp3) is 0.261. The zero-order valence-electron chi connectivity index (χ0n) is 17.0. The first-order chi connectivity index (χ1) is 15.5. The van der Waals surface area contributed by atoms with Gasteiger partial charge in [0.25, 0.3) is 11.8 Å². The van der Waals surface area contributed by atoms with Crippen molar-refractivity contribution >= 4 is 39.7 Å². The Balaban J connectivity index is 0.00000259. The number of anilines is 3. The number of hydrogen-bond acceptors (Lipinski definition) is 7. The van der Waals surface area contributed by atoms with E-state index in [1.54, 1.807) is 17.5 Å². The third-order valence-corrected chi connectivity index (χ3v) is 6.38. The van der Waals surface area contributed by atoms with Gasteiger partial charge in [0, 0.05) is 37.1 Å². The minimum Gasteiger partial charge on any atom is -0.508 e. The number of aromatic hydroxyl groups is 1. The first-order valence-electron chi connectivity index (χ1n) is 10.2. The highest BCUT2D eigenvalue weighted by Crippen LogP contribution is 2.33. The van der Waals surface area contributed by atoms with Gasteiger partial charge in [0.2, 0.25) is 0 Å². The number of hydrogen-bond donors (Lipinski definition) is 3. The van der Waals surface area contributed by atoms with E-state index in [4.69, 9.17) is 0 Å². The molecule has 1 saturated heterocycles. The van der Waals surface area contributed by atoms with Crippen molar-refractivity contribution in [2.75, 3.05) is 41.3 Å². The molecule has 2 aliphatic rings. The average molecular weight is 470 g/mol. The molecule has 33 heavy (non-hydrogen) atoms. The van der Waals surface area contributed by atoms with Crippen LogP contribution in [0.3, 0.4) is 0 Å². The summed E-state index contributed by atoms with van der Waals surface area (Å²) in [6.07, 6.45) is 0. The Bertz CT molecular complexity index is 1210. The first-order valence-corrected chi connectivity index (χ1v) is 11.0. The van der Waals surface area contributed by atoms with Crippen LogP contribution in [0.5, 0.6) is 5.75 Å². The van der Waals surface area contributed by atoms with E-state index in [-0.39, 0.29) is 24.8 Å². The Morgan fingerprint density at radius 3 is 2.76 bits per heavy atom. The minimum absolute atomic E-state index is 0. The predicted octanol–water partition coefficient (Wildman–Crippen LogP) is 3.45. The molecule has 0 aliphatic carbocycles. The number of amides is 2. The zero-order chi connectivity index (χ0) is 22.2. The van der Waals surface area contributed by atoms with Crippen LogP contribution < -0.4 is 20.4 Å². The number of thiazole rings is 1. The number of phenolic OH excluding ortho intramolecular Hbond substituents is 1. The van der Waals surface area contributed by atoms with Crippen LogP contribution in [0.25, 0.3) is 0 Å². The summed E-state index contributed by atoms with van der Waals surface area (Å²) in [4.78, 5) is 33.5. The molecule has 10 heteroatoms. The van der Waals surface area contributed by atoms with Gasteiger partial charge in [-0.2, -0.15) is 0 Å². The molecule has 0 atom stereocenters. The maximum atomic E-state index is 13.9. The molecule has 2 amide bonds. The van der Waals surface area contributed by atoms with Crippen LogP contribution in [-0.2, 0) is 6.54 Å². The zero-order valence-corrected chi connectivity index (χ0v) is 17.8. The maximum absolute atomic E-state index is 13.9. The Labute approximate surface area is 194 Å². The molecule has 172 valence electrons. The second-order valence-corrected chi connectivity index (χ2v) is 8.44. The van der Waals surface area contributed by atoms with Crippen LogP contribution in [-0.4, -0.2) is 48.1 Å². The molecule has 0 bridgehead atoms. The van der Waals surface area contributed by atoms with Crippen molar-refractivity contribution in [2.45, 2.75) is 14.0 Å². The largest absolute Gasteiger partial charge is 0.508 e. The van der Waals surface area contributed by atoms with Gasteiger partial charge in [-0.25, -0.2) is 9.37 Å². The van der Waals surface area contributed by atoms with Gasteiger partial charge in [-0.05, 0) is 35.9 Å². The Morgan fingerprint density at radius 2 is 1.97 bits per heavy atom. The summed E-state index contributed by atoms with van der Waals surface area (Å²) in [5.74, 6) is -1.17. The number of piperazine rings is 1. The number of fused-ring (bicyclic) bond motifs is 1. The van der Waals surface area contributed by atoms with Crippen LogP contribution in [0.2, 0.25) is 0 Å². The summed E-state index contributed by atoms with van der Waals surface area (Å²) in [5, 5.41) is 17.7. The number of rotatable bonds is 4. The molecule has 8 nitrogen and oxygen atoms in total. The van der Waals surface area contributed by atoms with E-state index in [1.165, 1.54) is 40.5 Å². The number of halogens is 1. The molecular weight excluding hydrogens is 445 g/mol. The molecule has 0 unspecified atom stereocenters. The van der Waals surface area contributed by atoms with E-state index in [2.05, 4.69) is 20.5 Å². The summed E-state index contributed by atoms with van der Waals surface area (Å²) >= 11 is 1.18. The van der Waals surface area contributed by atoms with Crippen LogP contribution >= 0.6 is 11.3 Å². The van der Waals surface area contributed by atoms with E-state index < -0.39 is 11.7 Å². The lowest BCUT2D eigenvalue weighted by Crippen LogP contribution is -2.43. The van der Waals surface area contributed by atoms with Crippen LogP contribution in [0, 0.1) is 5.82 Å². The summed E-state index contributed by atoms with van der Waals surface area (Å²) in [7, 11) is 0. The van der Waals surface area contributed by atoms with Gasteiger partial charge in [0.1, 0.15) is 17.3 Å². The summed E-state index contributed by atoms with van der Waals surface area (Å²) in [5.41, 5.74) is 2.49. The number of benzene rings is 2. The summed E-state index contributed by atoms with van der Waals surface area (Å²) in [6, 6.07) is 9.01. The predicted molar refractivity (Wildman–Crippen MR) is 127 cm³/mol. The van der Waals surface area contributed by atoms with Crippen molar-refractivity contribution in [1.82, 2.24) is 10.3 Å². The van der Waals surface area contributed by atoms with E-state index in [9.17, 15) is 19.1 Å². The number of nitrogens with zero attached hydrogens (tertiary/aromatic N) is 3. The van der Waals surface area contributed by atoms with Crippen molar-refractivity contribution < 1.29 is 19.1 Å². The fourth-order valence-electron chi connectivity index (χ4n) is 3.91. The van der Waals surface area contributed by atoms with Gasteiger partial charge in [-0.15, -0.1) is 11.3 Å². The number of carbonyl (C=O) groups excluding carboxylic acids is 2. The summed E-state index contributed by atoms with van der Waals surface area (Å²) < 4.78 is 13.9. The second kappa shape index (κ2) is 9.16. The SMILES string of the molecule is C.O=C(Nc1cc(F)ccc1N1CCNCC1)c1csc(N2Cc3ccc(O)cc3C2=O)n1. The lowest BCUT2D eigenvalue weighted by molar-refractivity contribution is 0.0991. The van der Waals surface area contributed by atoms with Crippen molar-refractivity contribution in [3.8, 4) is 5.75 Å². The molecule has 0 spiro atoms. The van der Waals surface area contributed by atoms with Gasteiger partial charge < -0.3 is 20.6 Å². The molecule has 3 aromatic rings. The van der Waals surface area contributed by atoms with E-state index in [0.717, 1.165) is 37.4 Å². The monoisotopic (exact) mass is 469 g/mol. The van der Waals surface area contributed by atoms with Gasteiger partial charge in [0.05, 0.1) is 17.9 Å². The molecule has 2 aromatic carbocycles. The van der Waals surface area contributed by atoms with Gasteiger partial charge in [-0.3, -0.25) is 14.5 Å². The van der Waals surface area contributed by atoms with Gasteiger partial charge in [0.15, 0.2) is 5.13 Å². The minimum atomic E-state index is -0.476. The van der Waals surface area contributed by atoms with Crippen LogP contribution in [0.4, 0.5) is 20.9 Å². The van der Waals surface area contributed by atoms with E-state index >= 15 is 0 Å². The number of carbonyl (C=O) groups is 2. The topological polar surface area (TPSA) is 97.8 Å². The lowest BCUT2D eigenvalue weighted by Gasteiger charge is -2.31. The third kappa shape index (κ3) is 4.39. The first kappa shape index (κ1) is 22.7. The normalized spacial score (nSPS) is 15.2. The van der Waals surface area contributed by atoms with Crippen molar-refractivity contribution in [1.29, 1.82) is 0 Å². The van der Waals surface area contributed by atoms with Crippen LogP contribution in [0.15, 0.2) is 41.8 Å². The molecule has 3 N–H and O–H groups in total. The third-order valence-electron chi connectivity index (χ3n) is 5.52. The molecule has 0 radical (unpaired) electrons. The molecule has 1 fully saturated rings. The Morgan fingerprint density at radius 1 is 1.18 bits per heavy atom. The maximum Gasteiger partial charge on any atom is 0.275 e. The molecule has 0 saturated carbocycles. The fourth-order valence-corrected chi connectivity index (χ4v) is 4.71. The highest BCUT2D eigenvalue weighted by Gasteiger charge is 2.31. The van der Waals surface area contributed by atoms with Crippen molar-refractivity contribution in [3.63, 3.8) is 0 Å². The number of phenols is 1. The number of aromatic nitrogens is 1. The second-order valence-electron chi connectivity index (χ2n) is 7.60. The molecule has 2 aliphatic heterocycles. The van der Waals surface area contributed by atoms with Crippen molar-refractivity contribution in [3.05, 3.63) is 64.4 Å². The van der Waals surface area contributed by atoms with E-state index in [0.29, 0.717) is 22.9 Å². The molecule has 3 heterocycles. The Hall–Kier alpha value is -3.50. The smallest absolute Gasteiger partial charge is 0.275 e. The van der Waals surface area contributed by atoms with Crippen LogP contribution in [0.1, 0.15) is 33.8 Å². The number of nitrogens with one attached hydrogen (secondary N) is 2.